The van der Waals surface area contributed by atoms with Gasteiger partial charge in [0.15, 0.2) is 0 Å². The molecule has 98 valence electrons. The van der Waals surface area contributed by atoms with Crippen molar-refractivity contribution in [3.05, 3.63) is 29.7 Å². The first-order valence-corrected chi connectivity index (χ1v) is 6.21. The van der Waals surface area contributed by atoms with E-state index < -0.39 is 5.54 Å². The summed E-state index contributed by atoms with van der Waals surface area (Å²) in [6.45, 7) is 3.71. The molecule has 18 heavy (non-hydrogen) atoms. The Balaban J connectivity index is 1.93. The number of hydrogen-bond donors (Lipinski definition) is 2. The minimum absolute atomic E-state index is 0.0306. The molecule has 4 heteroatoms. The molecule has 1 atom stereocenters. The summed E-state index contributed by atoms with van der Waals surface area (Å²) in [6.07, 6.45) is 5.21. The summed E-state index contributed by atoms with van der Waals surface area (Å²) in [5, 5.41) is 12.2. The standard InChI is InChI=1S/C14H19NO3/c1-10-3-6-12(18-10)7-8-13(17)15-14(2,9-16)11-4-5-11/h3,6-8,11,16H,4-5,9H2,1-2H3,(H,15,17)/b8-7+. The van der Waals surface area contributed by atoms with Gasteiger partial charge in [-0.3, -0.25) is 4.79 Å². The van der Waals surface area contributed by atoms with E-state index >= 15 is 0 Å². The molecular weight excluding hydrogens is 230 g/mol. The van der Waals surface area contributed by atoms with E-state index in [4.69, 9.17) is 4.42 Å². The molecule has 1 saturated carbocycles. The summed E-state index contributed by atoms with van der Waals surface area (Å²) in [6, 6.07) is 3.66. The number of carbonyl (C=O) groups excluding carboxylic acids is 1. The number of rotatable bonds is 5. The molecule has 4 nitrogen and oxygen atoms in total. The van der Waals surface area contributed by atoms with Gasteiger partial charge in [-0.05, 0) is 50.8 Å². The first kappa shape index (κ1) is 12.9. The van der Waals surface area contributed by atoms with Gasteiger partial charge in [-0.25, -0.2) is 0 Å². The fourth-order valence-corrected chi connectivity index (χ4v) is 2.02. The van der Waals surface area contributed by atoms with Gasteiger partial charge in [0.25, 0.3) is 0 Å². The lowest BCUT2D eigenvalue weighted by molar-refractivity contribution is -0.119. The summed E-state index contributed by atoms with van der Waals surface area (Å²) >= 11 is 0. The molecule has 1 amide bonds. The van der Waals surface area contributed by atoms with Crippen molar-refractivity contribution in [1.29, 1.82) is 0 Å². The van der Waals surface area contributed by atoms with Crippen molar-refractivity contribution in [2.24, 2.45) is 5.92 Å². The minimum Gasteiger partial charge on any atom is -0.462 e. The van der Waals surface area contributed by atoms with Gasteiger partial charge < -0.3 is 14.8 Å². The number of aliphatic hydroxyl groups excluding tert-OH is 1. The Morgan fingerprint density at radius 3 is 2.83 bits per heavy atom. The van der Waals surface area contributed by atoms with Crippen LogP contribution in [0.2, 0.25) is 0 Å². The number of aryl methyl sites for hydroxylation is 1. The molecule has 1 aliphatic carbocycles. The highest BCUT2D eigenvalue weighted by molar-refractivity contribution is 5.91. The average molecular weight is 249 g/mol. The van der Waals surface area contributed by atoms with Crippen molar-refractivity contribution in [3.8, 4) is 0 Å². The van der Waals surface area contributed by atoms with Crippen LogP contribution in [-0.4, -0.2) is 23.2 Å². The summed E-state index contributed by atoms with van der Waals surface area (Å²) in [4.78, 5) is 11.8. The Morgan fingerprint density at radius 2 is 2.33 bits per heavy atom. The molecule has 1 unspecified atom stereocenters. The Morgan fingerprint density at radius 1 is 1.61 bits per heavy atom. The molecule has 1 aromatic rings. The lowest BCUT2D eigenvalue weighted by atomic mass is 9.97. The summed E-state index contributed by atoms with van der Waals surface area (Å²) in [7, 11) is 0. The van der Waals surface area contributed by atoms with Gasteiger partial charge in [-0.2, -0.15) is 0 Å². The zero-order chi connectivity index (χ0) is 13.2. The second kappa shape index (κ2) is 4.98. The lowest BCUT2D eigenvalue weighted by Gasteiger charge is -2.28. The Kier molecular flexibility index (Phi) is 3.57. The van der Waals surface area contributed by atoms with Crippen LogP contribution in [0.3, 0.4) is 0 Å². The van der Waals surface area contributed by atoms with E-state index in [0.717, 1.165) is 18.6 Å². The van der Waals surface area contributed by atoms with Crippen molar-refractivity contribution < 1.29 is 14.3 Å². The number of amides is 1. The molecule has 1 fully saturated rings. The van der Waals surface area contributed by atoms with Crippen LogP contribution < -0.4 is 5.32 Å². The van der Waals surface area contributed by atoms with E-state index in [1.165, 1.54) is 6.08 Å². The third kappa shape index (κ3) is 3.01. The van der Waals surface area contributed by atoms with E-state index in [1.807, 2.05) is 26.0 Å². The van der Waals surface area contributed by atoms with Crippen molar-refractivity contribution in [2.45, 2.75) is 32.2 Å². The number of furan rings is 1. The Bertz CT molecular complexity index is 459. The highest BCUT2D eigenvalue weighted by atomic mass is 16.3. The molecule has 0 saturated heterocycles. The van der Waals surface area contributed by atoms with E-state index in [-0.39, 0.29) is 12.5 Å². The Labute approximate surface area is 107 Å². The van der Waals surface area contributed by atoms with Crippen LogP contribution in [0.15, 0.2) is 22.6 Å². The predicted octanol–water partition coefficient (Wildman–Crippen LogP) is 1.88. The molecule has 1 aromatic heterocycles. The van der Waals surface area contributed by atoms with Gasteiger partial charge in [-0.15, -0.1) is 0 Å². The molecular formula is C14H19NO3. The van der Waals surface area contributed by atoms with Gasteiger partial charge in [0, 0.05) is 6.08 Å². The second-order valence-corrected chi connectivity index (χ2v) is 5.12. The largest absolute Gasteiger partial charge is 0.462 e. The molecule has 2 rings (SSSR count). The highest BCUT2D eigenvalue weighted by Gasteiger charge is 2.41. The van der Waals surface area contributed by atoms with E-state index in [9.17, 15) is 9.90 Å². The maximum absolute atomic E-state index is 11.8. The van der Waals surface area contributed by atoms with Crippen LogP contribution in [0.4, 0.5) is 0 Å². The van der Waals surface area contributed by atoms with Crippen LogP contribution in [0, 0.1) is 12.8 Å². The highest BCUT2D eigenvalue weighted by Crippen LogP contribution is 2.39. The van der Waals surface area contributed by atoms with Crippen molar-refractivity contribution in [3.63, 3.8) is 0 Å². The molecule has 0 aromatic carbocycles. The maximum atomic E-state index is 11.8. The summed E-state index contributed by atoms with van der Waals surface area (Å²) in [5.74, 6) is 1.66. The van der Waals surface area contributed by atoms with E-state index in [2.05, 4.69) is 5.32 Å². The van der Waals surface area contributed by atoms with Gasteiger partial charge in [0.1, 0.15) is 11.5 Å². The zero-order valence-corrected chi connectivity index (χ0v) is 10.8. The second-order valence-electron chi connectivity index (χ2n) is 5.12. The van der Waals surface area contributed by atoms with Gasteiger partial charge in [-0.1, -0.05) is 0 Å². The zero-order valence-electron chi connectivity index (χ0n) is 10.8. The number of carbonyl (C=O) groups is 1. The summed E-state index contributed by atoms with van der Waals surface area (Å²) in [5.41, 5.74) is -0.499. The van der Waals surface area contributed by atoms with Gasteiger partial charge in [0.05, 0.1) is 12.1 Å². The Hall–Kier alpha value is -1.55. The van der Waals surface area contributed by atoms with Crippen LogP contribution in [0.1, 0.15) is 31.3 Å². The molecule has 0 aliphatic heterocycles. The fourth-order valence-electron chi connectivity index (χ4n) is 2.02. The predicted molar refractivity (Wildman–Crippen MR) is 68.8 cm³/mol. The van der Waals surface area contributed by atoms with Crippen LogP contribution in [-0.2, 0) is 4.79 Å². The van der Waals surface area contributed by atoms with E-state index in [1.54, 1.807) is 6.08 Å². The minimum atomic E-state index is -0.499. The molecule has 0 radical (unpaired) electrons. The summed E-state index contributed by atoms with van der Waals surface area (Å²) < 4.78 is 5.33. The van der Waals surface area contributed by atoms with Gasteiger partial charge in [0.2, 0.25) is 5.91 Å². The topological polar surface area (TPSA) is 62.5 Å². The lowest BCUT2D eigenvalue weighted by Crippen LogP contribution is -2.50. The normalized spacial score (nSPS) is 18.8. The third-order valence-corrected chi connectivity index (χ3v) is 3.38. The monoisotopic (exact) mass is 249 g/mol. The number of nitrogens with one attached hydrogen (secondary N) is 1. The van der Waals surface area contributed by atoms with Crippen molar-refractivity contribution >= 4 is 12.0 Å². The molecule has 0 bridgehead atoms. The SMILES string of the molecule is Cc1ccc(/C=C/C(=O)NC(C)(CO)C2CC2)o1. The van der Waals surface area contributed by atoms with Crippen LogP contribution >= 0.6 is 0 Å². The number of aliphatic hydroxyl groups is 1. The van der Waals surface area contributed by atoms with Crippen LogP contribution in [0.25, 0.3) is 6.08 Å². The molecule has 2 N–H and O–H groups in total. The molecule has 1 heterocycles. The maximum Gasteiger partial charge on any atom is 0.244 e. The smallest absolute Gasteiger partial charge is 0.244 e. The van der Waals surface area contributed by atoms with Crippen molar-refractivity contribution in [1.82, 2.24) is 5.32 Å². The van der Waals surface area contributed by atoms with Gasteiger partial charge >= 0.3 is 0 Å². The van der Waals surface area contributed by atoms with Crippen molar-refractivity contribution in [2.75, 3.05) is 6.61 Å². The average Bonchev–Trinajstić information content (AvgIpc) is 3.11. The number of hydrogen-bond acceptors (Lipinski definition) is 3. The van der Waals surface area contributed by atoms with Crippen LogP contribution in [0.5, 0.6) is 0 Å². The fraction of sp³-hybridized carbons (Fsp3) is 0.500. The molecule has 0 spiro atoms. The first-order chi connectivity index (χ1) is 8.53. The van der Waals surface area contributed by atoms with E-state index in [0.29, 0.717) is 11.7 Å². The first-order valence-electron chi connectivity index (χ1n) is 6.21. The quantitative estimate of drug-likeness (QED) is 0.783. The third-order valence-electron chi connectivity index (χ3n) is 3.38. The molecule has 1 aliphatic rings.